The van der Waals surface area contributed by atoms with Crippen LogP contribution in [-0.4, -0.2) is 28.5 Å². The van der Waals surface area contributed by atoms with Gasteiger partial charge in [0, 0.05) is 30.4 Å². The molecule has 1 aromatic carbocycles. The maximum Gasteiger partial charge on any atom is 0.270 e. The minimum atomic E-state index is -0.237. The summed E-state index contributed by atoms with van der Waals surface area (Å²) in [4.78, 5) is 27.2. The van der Waals surface area contributed by atoms with Crippen molar-refractivity contribution in [2.45, 2.75) is 19.8 Å². The average Bonchev–Trinajstić information content (AvgIpc) is 2.62. The number of carbonyl (C=O) groups excluding carboxylic acids is 1. The SMILES string of the molecule is CC1CCN(C(=O)/C(=C\c2ccccc2Cl)n2ccccc2=O)CC1. The van der Waals surface area contributed by atoms with Gasteiger partial charge in [-0.1, -0.05) is 42.8 Å². The Morgan fingerprint density at radius 3 is 2.48 bits per heavy atom. The fourth-order valence-electron chi connectivity index (χ4n) is 2.97. The van der Waals surface area contributed by atoms with Crippen molar-refractivity contribution >= 4 is 29.3 Å². The first kappa shape index (κ1) is 17.5. The van der Waals surface area contributed by atoms with Gasteiger partial charge in [-0.3, -0.25) is 14.2 Å². The van der Waals surface area contributed by atoms with E-state index in [1.165, 1.54) is 10.6 Å². The molecule has 0 aliphatic carbocycles. The molecule has 1 aliphatic heterocycles. The van der Waals surface area contributed by atoms with Crippen LogP contribution in [0.5, 0.6) is 0 Å². The van der Waals surface area contributed by atoms with Gasteiger partial charge in [0.2, 0.25) is 0 Å². The first-order valence-electron chi connectivity index (χ1n) is 8.50. The molecule has 1 amide bonds. The molecule has 4 nitrogen and oxygen atoms in total. The maximum atomic E-state index is 13.1. The second-order valence-corrected chi connectivity index (χ2v) is 6.84. The Morgan fingerprint density at radius 2 is 1.80 bits per heavy atom. The van der Waals surface area contributed by atoms with Gasteiger partial charge in [-0.05, 0) is 42.5 Å². The summed E-state index contributed by atoms with van der Waals surface area (Å²) < 4.78 is 1.39. The molecule has 0 saturated carbocycles. The number of rotatable bonds is 3. The fourth-order valence-corrected chi connectivity index (χ4v) is 3.16. The summed E-state index contributed by atoms with van der Waals surface area (Å²) >= 11 is 6.25. The molecular weight excluding hydrogens is 336 g/mol. The molecule has 0 radical (unpaired) electrons. The van der Waals surface area contributed by atoms with Crippen LogP contribution in [0, 0.1) is 5.92 Å². The topological polar surface area (TPSA) is 42.3 Å². The van der Waals surface area contributed by atoms with Gasteiger partial charge in [-0.15, -0.1) is 0 Å². The summed E-state index contributed by atoms with van der Waals surface area (Å²) in [5.74, 6) is 0.486. The lowest BCUT2D eigenvalue weighted by Gasteiger charge is -2.31. The first-order chi connectivity index (χ1) is 12.1. The van der Waals surface area contributed by atoms with E-state index in [1.54, 1.807) is 30.5 Å². The highest BCUT2D eigenvalue weighted by molar-refractivity contribution is 6.32. The van der Waals surface area contributed by atoms with Crippen LogP contribution in [0.1, 0.15) is 25.3 Å². The van der Waals surface area contributed by atoms with Crippen molar-refractivity contribution < 1.29 is 4.79 Å². The Hall–Kier alpha value is -2.33. The third-order valence-corrected chi connectivity index (χ3v) is 4.91. The van der Waals surface area contributed by atoms with Crippen molar-refractivity contribution in [2.75, 3.05) is 13.1 Å². The molecule has 130 valence electrons. The second-order valence-electron chi connectivity index (χ2n) is 6.43. The zero-order chi connectivity index (χ0) is 17.8. The number of hydrogen-bond donors (Lipinski definition) is 0. The summed E-state index contributed by atoms with van der Waals surface area (Å²) in [5, 5.41) is 0.545. The summed E-state index contributed by atoms with van der Waals surface area (Å²) in [5.41, 5.74) is 0.807. The lowest BCUT2D eigenvalue weighted by molar-refractivity contribution is -0.126. The Bertz CT molecular complexity index is 849. The minimum Gasteiger partial charge on any atom is -0.337 e. The van der Waals surface area contributed by atoms with E-state index >= 15 is 0 Å². The summed E-state index contributed by atoms with van der Waals surface area (Å²) in [6.07, 6.45) is 5.28. The predicted molar refractivity (Wildman–Crippen MR) is 101 cm³/mol. The largest absolute Gasteiger partial charge is 0.337 e. The number of carbonyl (C=O) groups is 1. The Morgan fingerprint density at radius 1 is 1.12 bits per heavy atom. The van der Waals surface area contributed by atoms with Gasteiger partial charge in [0.25, 0.3) is 11.5 Å². The van der Waals surface area contributed by atoms with E-state index in [0.29, 0.717) is 35.3 Å². The molecule has 2 aromatic rings. The molecule has 1 fully saturated rings. The van der Waals surface area contributed by atoms with Crippen LogP contribution in [0.15, 0.2) is 53.5 Å². The van der Waals surface area contributed by atoms with Crippen LogP contribution in [0.4, 0.5) is 0 Å². The van der Waals surface area contributed by atoms with E-state index in [-0.39, 0.29) is 11.5 Å². The highest BCUT2D eigenvalue weighted by atomic mass is 35.5. The molecule has 1 aliphatic rings. The van der Waals surface area contributed by atoms with Crippen molar-refractivity contribution in [1.82, 2.24) is 9.47 Å². The molecule has 0 spiro atoms. The van der Waals surface area contributed by atoms with E-state index in [2.05, 4.69) is 6.92 Å². The molecule has 2 heterocycles. The number of likely N-dealkylation sites (tertiary alicyclic amines) is 1. The third kappa shape index (κ3) is 4.02. The molecule has 0 atom stereocenters. The monoisotopic (exact) mass is 356 g/mol. The van der Waals surface area contributed by atoms with Gasteiger partial charge >= 0.3 is 0 Å². The molecule has 3 rings (SSSR count). The normalized spacial score (nSPS) is 16.1. The number of amides is 1. The van der Waals surface area contributed by atoms with Crippen LogP contribution < -0.4 is 5.56 Å². The number of pyridine rings is 1. The van der Waals surface area contributed by atoms with E-state index in [1.807, 2.05) is 23.1 Å². The molecule has 25 heavy (non-hydrogen) atoms. The molecule has 1 aromatic heterocycles. The summed E-state index contributed by atoms with van der Waals surface area (Å²) in [7, 11) is 0. The van der Waals surface area contributed by atoms with Crippen LogP contribution in [0.3, 0.4) is 0 Å². The van der Waals surface area contributed by atoms with Crippen molar-refractivity contribution in [2.24, 2.45) is 5.92 Å². The van der Waals surface area contributed by atoms with E-state index in [0.717, 1.165) is 12.8 Å². The molecular formula is C20H21ClN2O2. The van der Waals surface area contributed by atoms with E-state index in [9.17, 15) is 9.59 Å². The average molecular weight is 357 g/mol. The van der Waals surface area contributed by atoms with Gasteiger partial charge in [-0.2, -0.15) is 0 Å². The Kier molecular flexibility index (Phi) is 5.39. The maximum absolute atomic E-state index is 13.1. The van der Waals surface area contributed by atoms with E-state index < -0.39 is 0 Å². The smallest absolute Gasteiger partial charge is 0.270 e. The van der Waals surface area contributed by atoms with Crippen LogP contribution in [0.25, 0.3) is 11.8 Å². The number of benzene rings is 1. The zero-order valence-corrected chi connectivity index (χ0v) is 14.9. The fraction of sp³-hybridized carbons (Fsp3) is 0.300. The first-order valence-corrected chi connectivity index (χ1v) is 8.87. The van der Waals surface area contributed by atoms with Gasteiger partial charge < -0.3 is 4.90 Å². The number of piperidine rings is 1. The summed E-state index contributed by atoms with van der Waals surface area (Å²) in [6, 6.07) is 12.2. The highest BCUT2D eigenvalue weighted by Crippen LogP contribution is 2.23. The third-order valence-electron chi connectivity index (χ3n) is 4.57. The quantitative estimate of drug-likeness (QED) is 0.786. The zero-order valence-electron chi connectivity index (χ0n) is 14.2. The second kappa shape index (κ2) is 7.70. The van der Waals surface area contributed by atoms with Gasteiger partial charge in [0.05, 0.1) is 0 Å². The van der Waals surface area contributed by atoms with Crippen LogP contribution >= 0.6 is 11.6 Å². The van der Waals surface area contributed by atoms with Gasteiger partial charge in [0.15, 0.2) is 0 Å². The van der Waals surface area contributed by atoms with Gasteiger partial charge in [0.1, 0.15) is 5.70 Å². The molecule has 0 N–H and O–H groups in total. The highest BCUT2D eigenvalue weighted by Gasteiger charge is 2.24. The van der Waals surface area contributed by atoms with E-state index in [4.69, 9.17) is 11.6 Å². The molecule has 5 heteroatoms. The number of hydrogen-bond acceptors (Lipinski definition) is 2. The minimum absolute atomic E-state index is 0.139. The molecule has 0 unspecified atom stereocenters. The van der Waals surface area contributed by atoms with Crippen molar-refractivity contribution in [3.8, 4) is 0 Å². The molecule has 1 saturated heterocycles. The number of aromatic nitrogens is 1. The van der Waals surface area contributed by atoms with Crippen molar-refractivity contribution in [3.05, 3.63) is 69.6 Å². The standard InChI is InChI=1S/C20H21ClN2O2/c1-15-9-12-22(13-10-15)20(25)18(23-11-5-4-8-19(23)24)14-16-6-2-3-7-17(16)21/h2-8,11,14-15H,9-10,12-13H2,1H3/b18-14+. The van der Waals surface area contributed by atoms with Gasteiger partial charge in [-0.25, -0.2) is 0 Å². The van der Waals surface area contributed by atoms with Crippen molar-refractivity contribution in [1.29, 1.82) is 0 Å². The van der Waals surface area contributed by atoms with Crippen LogP contribution in [-0.2, 0) is 4.79 Å². The lowest BCUT2D eigenvalue weighted by atomic mass is 9.99. The molecule has 0 bridgehead atoms. The van der Waals surface area contributed by atoms with Crippen molar-refractivity contribution in [3.63, 3.8) is 0 Å². The number of halogens is 1. The lowest BCUT2D eigenvalue weighted by Crippen LogP contribution is -2.40. The Balaban J connectivity index is 2.04. The number of nitrogens with zero attached hydrogens (tertiary/aromatic N) is 2. The Labute approximate surface area is 152 Å². The van der Waals surface area contributed by atoms with Crippen LogP contribution in [0.2, 0.25) is 5.02 Å². The summed E-state index contributed by atoms with van der Waals surface area (Å²) in [6.45, 7) is 3.62. The predicted octanol–water partition coefficient (Wildman–Crippen LogP) is 3.76.